The van der Waals surface area contributed by atoms with Gasteiger partial charge in [0.1, 0.15) is 15.4 Å². The average molecular weight is 314 g/mol. The summed E-state index contributed by atoms with van der Waals surface area (Å²) in [5, 5.41) is 3.70. The first-order valence-electron chi connectivity index (χ1n) is 6.40. The summed E-state index contributed by atoms with van der Waals surface area (Å²) in [4.78, 5) is 27.8. The van der Waals surface area contributed by atoms with Crippen molar-refractivity contribution in [3.05, 3.63) is 10.4 Å². The summed E-state index contributed by atoms with van der Waals surface area (Å²) >= 11 is 1.17. The van der Waals surface area contributed by atoms with E-state index in [4.69, 9.17) is 10.5 Å². The average Bonchev–Trinajstić information content (AvgIpc) is 2.73. The van der Waals surface area contributed by atoms with Gasteiger partial charge in [0, 0.05) is 27.2 Å². The molecule has 118 valence electrons. The molecule has 8 heteroatoms. The number of carbonyl (C=O) groups excluding carboxylic acids is 2. The summed E-state index contributed by atoms with van der Waals surface area (Å²) in [6.45, 7) is 1.42. The van der Waals surface area contributed by atoms with Crippen LogP contribution < -0.4 is 11.1 Å². The van der Waals surface area contributed by atoms with Crippen molar-refractivity contribution >= 4 is 33.9 Å². The second kappa shape index (κ2) is 7.28. The Labute approximate surface area is 128 Å². The third kappa shape index (κ3) is 4.08. The molecule has 1 aromatic heterocycles. The van der Waals surface area contributed by atoms with Crippen LogP contribution in [0.4, 0.5) is 10.7 Å². The van der Waals surface area contributed by atoms with Crippen molar-refractivity contribution in [2.24, 2.45) is 0 Å². The number of nitrogens with zero attached hydrogens (tertiary/aromatic N) is 2. The van der Waals surface area contributed by atoms with Crippen molar-refractivity contribution in [2.45, 2.75) is 0 Å². The molecule has 3 N–H and O–H groups in total. The highest BCUT2D eigenvalue weighted by molar-refractivity contribution is 7.19. The molecular weight excluding hydrogens is 292 g/mol. The Balaban J connectivity index is 3.12. The number of methoxy groups -OCH3 is 1. The van der Waals surface area contributed by atoms with E-state index < -0.39 is 5.97 Å². The SMILES string of the molecule is COC(=O)c1c(NCCN(C)C)sc(C(=O)N(C)C)c1N. The first-order chi connectivity index (χ1) is 9.79. The van der Waals surface area contributed by atoms with Crippen molar-refractivity contribution in [3.8, 4) is 0 Å². The first-order valence-corrected chi connectivity index (χ1v) is 7.22. The van der Waals surface area contributed by atoms with Crippen LogP contribution in [0, 0.1) is 0 Å². The Morgan fingerprint density at radius 1 is 1.29 bits per heavy atom. The summed E-state index contributed by atoms with van der Waals surface area (Å²) < 4.78 is 4.75. The standard InChI is InChI=1S/C13H22N4O3S/c1-16(2)7-6-15-11-8(13(19)20-5)9(14)10(21-11)12(18)17(3)4/h15H,6-7,14H2,1-5H3. The molecule has 0 saturated carbocycles. The Bertz CT molecular complexity index is 526. The highest BCUT2D eigenvalue weighted by atomic mass is 32.1. The molecule has 1 aromatic rings. The van der Waals surface area contributed by atoms with Gasteiger partial charge in [-0.15, -0.1) is 11.3 Å². The van der Waals surface area contributed by atoms with E-state index in [1.165, 1.54) is 23.3 Å². The van der Waals surface area contributed by atoms with Crippen molar-refractivity contribution in [3.63, 3.8) is 0 Å². The molecule has 1 rings (SSSR count). The summed E-state index contributed by atoms with van der Waals surface area (Å²) in [5.74, 6) is -0.780. The Hall–Kier alpha value is -1.80. The molecule has 0 saturated heterocycles. The van der Waals surface area contributed by atoms with Gasteiger partial charge in [-0.2, -0.15) is 0 Å². The fourth-order valence-corrected chi connectivity index (χ4v) is 2.78. The van der Waals surface area contributed by atoms with Gasteiger partial charge in [-0.05, 0) is 14.1 Å². The zero-order valence-corrected chi connectivity index (χ0v) is 13.8. The van der Waals surface area contributed by atoms with Gasteiger partial charge in [-0.3, -0.25) is 4.79 Å². The van der Waals surface area contributed by atoms with Gasteiger partial charge >= 0.3 is 5.97 Å². The molecule has 0 atom stereocenters. The lowest BCUT2D eigenvalue weighted by Gasteiger charge is -2.11. The minimum Gasteiger partial charge on any atom is -0.465 e. The van der Waals surface area contributed by atoms with E-state index in [1.54, 1.807) is 14.1 Å². The van der Waals surface area contributed by atoms with Crippen LogP contribution in [-0.4, -0.2) is 70.1 Å². The van der Waals surface area contributed by atoms with E-state index in [-0.39, 0.29) is 17.2 Å². The number of amides is 1. The molecule has 1 amide bonds. The van der Waals surface area contributed by atoms with E-state index in [1.807, 2.05) is 19.0 Å². The van der Waals surface area contributed by atoms with Crippen LogP contribution in [-0.2, 0) is 4.74 Å². The number of hydrogen-bond donors (Lipinski definition) is 2. The van der Waals surface area contributed by atoms with Gasteiger partial charge in [0.25, 0.3) is 5.91 Å². The van der Waals surface area contributed by atoms with Crippen LogP contribution in [0.15, 0.2) is 0 Å². The van der Waals surface area contributed by atoms with Crippen molar-refractivity contribution in [1.29, 1.82) is 0 Å². The molecule has 1 heterocycles. The zero-order chi connectivity index (χ0) is 16.2. The summed E-state index contributed by atoms with van der Waals surface area (Å²) in [5.41, 5.74) is 6.36. The van der Waals surface area contributed by atoms with E-state index in [0.29, 0.717) is 16.4 Å². The number of ether oxygens (including phenoxy) is 1. The molecule has 0 radical (unpaired) electrons. The smallest absolute Gasteiger partial charge is 0.343 e. The van der Waals surface area contributed by atoms with Gasteiger partial charge in [-0.1, -0.05) is 0 Å². The van der Waals surface area contributed by atoms with E-state index in [2.05, 4.69) is 5.32 Å². The molecule has 0 aliphatic carbocycles. The second-order valence-corrected chi connectivity index (χ2v) is 5.99. The molecule has 0 bridgehead atoms. The maximum Gasteiger partial charge on any atom is 0.343 e. The van der Waals surface area contributed by atoms with Crippen LogP contribution in [0.1, 0.15) is 20.0 Å². The molecule has 0 unspecified atom stereocenters. The lowest BCUT2D eigenvalue weighted by molar-refractivity contribution is 0.0603. The predicted molar refractivity (Wildman–Crippen MR) is 85.1 cm³/mol. The van der Waals surface area contributed by atoms with Crippen LogP contribution in [0.5, 0.6) is 0 Å². The largest absolute Gasteiger partial charge is 0.465 e. The molecule has 0 spiro atoms. The fraction of sp³-hybridized carbons (Fsp3) is 0.538. The molecule has 0 aliphatic heterocycles. The van der Waals surface area contributed by atoms with Crippen molar-refractivity contribution < 1.29 is 14.3 Å². The fourth-order valence-electron chi connectivity index (χ4n) is 1.63. The number of nitrogen functional groups attached to an aromatic ring is 1. The van der Waals surface area contributed by atoms with Crippen LogP contribution in [0.3, 0.4) is 0 Å². The normalized spacial score (nSPS) is 10.6. The third-order valence-corrected chi connectivity index (χ3v) is 3.93. The highest BCUT2D eigenvalue weighted by Crippen LogP contribution is 2.36. The number of hydrogen-bond acceptors (Lipinski definition) is 7. The lowest BCUT2D eigenvalue weighted by atomic mass is 10.2. The van der Waals surface area contributed by atoms with Crippen LogP contribution in [0.25, 0.3) is 0 Å². The number of anilines is 2. The number of thiophene rings is 1. The quantitative estimate of drug-likeness (QED) is 0.755. The van der Waals surface area contributed by atoms with Crippen molar-refractivity contribution in [2.75, 3.05) is 59.4 Å². The molecule has 0 fully saturated rings. The monoisotopic (exact) mass is 314 g/mol. The molecule has 7 nitrogen and oxygen atoms in total. The van der Waals surface area contributed by atoms with E-state index in [9.17, 15) is 9.59 Å². The Kier molecular flexibility index (Phi) is 5.98. The van der Waals surface area contributed by atoms with Crippen molar-refractivity contribution in [1.82, 2.24) is 9.80 Å². The number of likely N-dealkylation sites (N-methyl/N-ethyl adjacent to an activating group) is 1. The molecule has 0 aromatic carbocycles. The van der Waals surface area contributed by atoms with E-state index in [0.717, 1.165) is 6.54 Å². The Morgan fingerprint density at radius 3 is 2.38 bits per heavy atom. The van der Waals surface area contributed by atoms with Crippen LogP contribution in [0.2, 0.25) is 0 Å². The molecular formula is C13H22N4O3S. The Morgan fingerprint density at radius 2 is 1.90 bits per heavy atom. The number of rotatable bonds is 6. The second-order valence-electron chi connectivity index (χ2n) is 4.97. The first kappa shape index (κ1) is 17.3. The van der Waals surface area contributed by atoms with E-state index >= 15 is 0 Å². The summed E-state index contributed by atoms with van der Waals surface area (Å²) in [7, 11) is 8.47. The zero-order valence-electron chi connectivity index (χ0n) is 13.0. The topological polar surface area (TPSA) is 87.9 Å². The maximum absolute atomic E-state index is 12.1. The third-order valence-electron chi connectivity index (χ3n) is 2.78. The number of esters is 1. The lowest BCUT2D eigenvalue weighted by Crippen LogP contribution is -2.21. The van der Waals surface area contributed by atoms with Gasteiger partial charge in [-0.25, -0.2) is 4.79 Å². The molecule has 0 aliphatic rings. The number of nitrogens with two attached hydrogens (primary N) is 1. The number of carbonyl (C=O) groups is 2. The minimum atomic E-state index is -0.547. The van der Waals surface area contributed by atoms with Gasteiger partial charge < -0.3 is 25.6 Å². The summed E-state index contributed by atoms with van der Waals surface area (Å²) in [6, 6.07) is 0. The van der Waals surface area contributed by atoms with Gasteiger partial charge in [0.05, 0.1) is 12.8 Å². The maximum atomic E-state index is 12.1. The summed E-state index contributed by atoms with van der Waals surface area (Å²) in [6.07, 6.45) is 0. The number of nitrogens with one attached hydrogen (secondary N) is 1. The van der Waals surface area contributed by atoms with Gasteiger partial charge in [0.15, 0.2) is 0 Å². The van der Waals surface area contributed by atoms with Gasteiger partial charge in [0.2, 0.25) is 0 Å². The van der Waals surface area contributed by atoms with Crippen LogP contribution >= 0.6 is 11.3 Å². The minimum absolute atomic E-state index is 0.165. The highest BCUT2D eigenvalue weighted by Gasteiger charge is 2.26. The molecule has 21 heavy (non-hydrogen) atoms. The predicted octanol–water partition coefficient (Wildman–Crippen LogP) is 0.792.